The number of aliphatic carboxylic acids is 1. The number of nitrogens with zero attached hydrogens (tertiary/aromatic N) is 1. The van der Waals surface area contributed by atoms with Crippen LogP contribution in [0.15, 0.2) is 18.2 Å². The number of carboxylic acid groups (broad SMARTS) is 1. The lowest BCUT2D eigenvalue weighted by molar-refractivity contribution is -0.385. The minimum Gasteiger partial charge on any atom is -0.491 e. The van der Waals surface area contributed by atoms with Gasteiger partial charge in [0.25, 0.3) is 0 Å². The summed E-state index contributed by atoms with van der Waals surface area (Å²) in [4.78, 5) is 21.1. The lowest BCUT2D eigenvalue weighted by Gasteiger charge is -2.13. The summed E-state index contributed by atoms with van der Waals surface area (Å²) in [7, 11) is 1.35. The highest BCUT2D eigenvalue weighted by Gasteiger charge is 2.30. The molecule has 0 bridgehead atoms. The maximum Gasteiger partial charge on any atom is 0.332 e. The maximum atomic E-state index is 10.9. The van der Waals surface area contributed by atoms with Crippen LogP contribution >= 0.6 is 0 Å². The number of nitro groups is 1. The Bertz CT molecular complexity index is 545. The van der Waals surface area contributed by atoms with E-state index in [4.69, 9.17) is 19.3 Å². The Morgan fingerprint density at radius 3 is 2.86 bits per heavy atom. The fourth-order valence-electron chi connectivity index (χ4n) is 2.10. The molecule has 0 spiro atoms. The molecule has 1 aliphatic rings. The van der Waals surface area contributed by atoms with Gasteiger partial charge in [0.2, 0.25) is 0 Å². The predicted octanol–water partition coefficient (Wildman–Crippen LogP) is 1.61. The number of hydrogen-bond acceptors (Lipinski definition) is 6. The van der Waals surface area contributed by atoms with Crippen LogP contribution in [0.2, 0.25) is 0 Å². The summed E-state index contributed by atoms with van der Waals surface area (Å²) < 4.78 is 15.6. The van der Waals surface area contributed by atoms with E-state index in [1.54, 1.807) is 6.07 Å². The molecular weight excluding hydrogens is 282 g/mol. The molecule has 8 nitrogen and oxygen atoms in total. The highest BCUT2D eigenvalue weighted by Crippen LogP contribution is 2.31. The van der Waals surface area contributed by atoms with Gasteiger partial charge >= 0.3 is 11.7 Å². The van der Waals surface area contributed by atoms with Crippen LogP contribution in [0.4, 0.5) is 5.69 Å². The number of rotatable bonds is 6. The number of ether oxygens (including phenoxy) is 3. The third-order valence-corrected chi connectivity index (χ3v) is 3.17. The van der Waals surface area contributed by atoms with Crippen molar-refractivity contribution in [2.45, 2.75) is 25.0 Å². The molecule has 114 valence electrons. The molecule has 0 amide bonds. The number of carbonyl (C=O) groups is 1. The smallest absolute Gasteiger partial charge is 0.332 e. The van der Waals surface area contributed by atoms with Crippen LogP contribution in [0, 0.1) is 10.1 Å². The zero-order chi connectivity index (χ0) is 15.4. The predicted molar refractivity (Wildman–Crippen MR) is 70.7 cm³/mol. The normalized spacial score (nSPS) is 21.0. The first kappa shape index (κ1) is 15.0. The molecule has 0 aromatic heterocycles. The largest absolute Gasteiger partial charge is 0.491 e. The molecule has 1 aliphatic heterocycles. The molecule has 2 unspecified atom stereocenters. The monoisotopic (exact) mass is 297 g/mol. The van der Waals surface area contributed by atoms with Gasteiger partial charge in [-0.05, 0) is 25.0 Å². The van der Waals surface area contributed by atoms with E-state index in [1.807, 2.05) is 0 Å². The Kier molecular flexibility index (Phi) is 4.59. The standard InChI is InChI=1S/C13H15NO7/c1-19-11-4-2-8(6-10(11)14(17)18)20-7-9-3-5-12(21-9)13(15)16/h2,4,6,9,12H,3,5,7H2,1H3,(H,15,16). The average Bonchev–Trinajstić information content (AvgIpc) is 2.94. The second-order valence-corrected chi connectivity index (χ2v) is 4.56. The van der Waals surface area contributed by atoms with Crippen LogP contribution in [0.3, 0.4) is 0 Å². The van der Waals surface area contributed by atoms with Crippen molar-refractivity contribution in [3.63, 3.8) is 0 Å². The molecule has 0 aliphatic carbocycles. The van der Waals surface area contributed by atoms with Crippen molar-refractivity contribution in [3.05, 3.63) is 28.3 Å². The van der Waals surface area contributed by atoms with Crippen LogP contribution in [0.1, 0.15) is 12.8 Å². The molecule has 0 radical (unpaired) electrons. The van der Waals surface area contributed by atoms with Crippen molar-refractivity contribution in [1.29, 1.82) is 0 Å². The minimum absolute atomic E-state index is 0.146. The molecule has 8 heteroatoms. The molecule has 0 saturated carbocycles. The fraction of sp³-hybridized carbons (Fsp3) is 0.462. The van der Waals surface area contributed by atoms with Crippen LogP contribution in [0.5, 0.6) is 11.5 Å². The van der Waals surface area contributed by atoms with Crippen molar-refractivity contribution < 1.29 is 29.0 Å². The van der Waals surface area contributed by atoms with E-state index in [-0.39, 0.29) is 24.1 Å². The molecule has 1 fully saturated rings. The van der Waals surface area contributed by atoms with E-state index >= 15 is 0 Å². The van der Waals surface area contributed by atoms with Gasteiger partial charge in [0.15, 0.2) is 11.9 Å². The second-order valence-electron chi connectivity index (χ2n) is 4.56. The first-order chi connectivity index (χ1) is 10.0. The van der Waals surface area contributed by atoms with Gasteiger partial charge < -0.3 is 19.3 Å². The van der Waals surface area contributed by atoms with E-state index in [1.165, 1.54) is 19.2 Å². The Labute approximate surface area is 120 Å². The maximum absolute atomic E-state index is 10.9. The first-order valence-corrected chi connectivity index (χ1v) is 6.34. The van der Waals surface area contributed by atoms with Gasteiger partial charge in [0, 0.05) is 0 Å². The lowest BCUT2D eigenvalue weighted by atomic mass is 10.2. The average molecular weight is 297 g/mol. The SMILES string of the molecule is COc1ccc(OCC2CCC(C(=O)O)O2)cc1[N+](=O)[O-]. The summed E-state index contributed by atoms with van der Waals surface area (Å²) in [5.41, 5.74) is -0.189. The van der Waals surface area contributed by atoms with Gasteiger partial charge in [-0.25, -0.2) is 4.79 Å². The highest BCUT2D eigenvalue weighted by atomic mass is 16.6. The Morgan fingerprint density at radius 2 is 2.29 bits per heavy atom. The second kappa shape index (κ2) is 6.40. The van der Waals surface area contributed by atoms with Crippen molar-refractivity contribution in [2.24, 2.45) is 0 Å². The Balaban J connectivity index is 1.96. The van der Waals surface area contributed by atoms with E-state index in [9.17, 15) is 14.9 Å². The van der Waals surface area contributed by atoms with Crippen molar-refractivity contribution in [2.75, 3.05) is 13.7 Å². The van der Waals surface area contributed by atoms with Gasteiger partial charge in [-0.15, -0.1) is 0 Å². The quantitative estimate of drug-likeness (QED) is 0.627. The van der Waals surface area contributed by atoms with Crippen LogP contribution < -0.4 is 9.47 Å². The first-order valence-electron chi connectivity index (χ1n) is 6.34. The summed E-state index contributed by atoms with van der Waals surface area (Å²) in [5, 5.41) is 19.7. The van der Waals surface area contributed by atoms with E-state index in [0.29, 0.717) is 18.6 Å². The fourth-order valence-corrected chi connectivity index (χ4v) is 2.10. The minimum atomic E-state index is -0.988. The molecule has 1 aromatic rings. The van der Waals surface area contributed by atoms with Gasteiger partial charge in [0.05, 0.1) is 24.2 Å². The number of methoxy groups -OCH3 is 1. The zero-order valence-electron chi connectivity index (χ0n) is 11.4. The molecule has 1 aromatic carbocycles. The molecular formula is C13H15NO7. The summed E-state index contributed by atoms with van der Waals surface area (Å²) in [6, 6.07) is 4.26. The summed E-state index contributed by atoms with van der Waals surface area (Å²) >= 11 is 0. The zero-order valence-corrected chi connectivity index (χ0v) is 11.4. The summed E-state index contributed by atoms with van der Waals surface area (Å²) in [6.07, 6.45) is -0.113. The highest BCUT2D eigenvalue weighted by molar-refractivity contribution is 5.72. The van der Waals surface area contributed by atoms with Crippen molar-refractivity contribution in [3.8, 4) is 11.5 Å². The summed E-state index contributed by atoms with van der Waals surface area (Å²) in [5.74, 6) is -0.530. The number of nitro benzene ring substituents is 1. The van der Waals surface area contributed by atoms with Gasteiger partial charge in [0.1, 0.15) is 12.4 Å². The molecule has 1 heterocycles. The molecule has 21 heavy (non-hydrogen) atoms. The Hall–Kier alpha value is -2.35. The van der Waals surface area contributed by atoms with Crippen LogP contribution in [0.25, 0.3) is 0 Å². The lowest BCUT2D eigenvalue weighted by Crippen LogP contribution is -2.23. The number of carboxylic acids is 1. The Morgan fingerprint density at radius 1 is 1.52 bits per heavy atom. The van der Waals surface area contributed by atoms with E-state index < -0.39 is 17.0 Å². The molecule has 2 rings (SSSR count). The molecule has 2 atom stereocenters. The topological polar surface area (TPSA) is 108 Å². The number of hydrogen-bond donors (Lipinski definition) is 1. The summed E-state index contributed by atoms with van der Waals surface area (Å²) in [6.45, 7) is 0.146. The number of benzene rings is 1. The van der Waals surface area contributed by atoms with Crippen molar-refractivity contribution in [1.82, 2.24) is 0 Å². The molecule has 1 N–H and O–H groups in total. The third-order valence-electron chi connectivity index (χ3n) is 3.17. The molecule has 1 saturated heterocycles. The van der Waals surface area contributed by atoms with Crippen LogP contribution in [-0.2, 0) is 9.53 Å². The van der Waals surface area contributed by atoms with E-state index in [0.717, 1.165) is 0 Å². The van der Waals surface area contributed by atoms with Crippen LogP contribution in [-0.4, -0.2) is 41.9 Å². The third kappa shape index (κ3) is 3.60. The van der Waals surface area contributed by atoms with E-state index in [2.05, 4.69) is 0 Å². The van der Waals surface area contributed by atoms with Gasteiger partial charge in [-0.3, -0.25) is 10.1 Å². The van der Waals surface area contributed by atoms with Crippen molar-refractivity contribution >= 4 is 11.7 Å². The van der Waals surface area contributed by atoms with Gasteiger partial charge in [-0.1, -0.05) is 0 Å². The van der Waals surface area contributed by atoms with Gasteiger partial charge in [-0.2, -0.15) is 0 Å².